The van der Waals surface area contributed by atoms with Crippen LogP contribution in [0, 0.1) is 5.41 Å². The quantitative estimate of drug-likeness (QED) is 0.657. The average Bonchev–Trinajstić information content (AvgIpc) is 3.09. The van der Waals surface area contributed by atoms with Gasteiger partial charge in [0.1, 0.15) is 0 Å². The van der Waals surface area contributed by atoms with Crippen molar-refractivity contribution in [3.63, 3.8) is 0 Å². The molecule has 2 rings (SSSR count). The summed E-state index contributed by atoms with van der Waals surface area (Å²) in [5.41, 5.74) is 6.24. The van der Waals surface area contributed by atoms with Crippen molar-refractivity contribution in [2.75, 3.05) is 5.32 Å². The second-order valence-electron chi connectivity index (χ2n) is 7.08. The van der Waals surface area contributed by atoms with E-state index in [0.717, 1.165) is 5.56 Å². The third-order valence-electron chi connectivity index (χ3n) is 4.71. The summed E-state index contributed by atoms with van der Waals surface area (Å²) in [6.07, 6.45) is 0.0551. The van der Waals surface area contributed by atoms with E-state index in [1.54, 1.807) is 6.92 Å². The minimum absolute atomic E-state index is 0.00409. The molecule has 0 aliphatic rings. The molecule has 1 amide bonds. The monoisotopic (exact) mass is 360 g/mol. The predicted octanol–water partition coefficient (Wildman–Crippen LogP) is 1.54. The molecule has 0 radical (unpaired) electrons. The Labute approximate surface area is 153 Å². The molecule has 3 atom stereocenters. The standard InChI is InChI=1S/C18H28N6O2/c1-5-14(25)15(19)18(4,11-13-9-7-6-8-10-13)16(26)20-17-21-22-23-24(17)12(2)3/h6-10,12,14-15,25H,5,11,19H2,1-4H3,(H,20,21,23,26). The van der Waals surface area contributed by atoms with Crippen molar-refractivity contribution in [2.24, 2.45) is 11.1 Å². The molecular formula is C18H28N6O2. The van der Waals surface area contributed by atoms with Gasteiger partial charge in [-0.05, 0) is 49.6 Å². The van der Waals surface area contributed by atoms with E-state index in [1.807, 2.05) is 51.1 Å². The second kappa shape index (κ2) is 8.37. The number of aliphatic hydroxyl groups is 1. The predicted molar refractivity (Wildman–Crippen MR) is 99.4 cm³/mol. The van der Waals surface area contributed by atoms with Gasteiger partial charge in [0.15, 0.2) is 0 Å². The number of aromatic nitrogens is 4. The number of carbonyl (C=O) groups excluding carboxylic acids is 1. The fraction of sp³-hybridized carbons (Fsp3) is 0.556. The molecule has 0 spiro atoms. The van der Waals surface area contributed by atoms with Crippen LogP contribution in [0.3, 0.4) is 0 Å². The van der Waals surface area contributed by atoms with E-state index in [1.165, 1.54) is 4.68 Å². The molecule has 26 heavy (non-hydrogen) atoms. The SMILES string of the molecule is CCC(O)C(N)C(C)(Cc1ccccc1)C(=O)Nc1nnnn1C(C)C. The molecule has 1 aromatic carbocycles. The molecular weight excluding hydrogens is 332 g/mol. The summed E-state index contributed by atoms with van der Waals surface area (Å²) in [7, 11) is 0. The number of hydrogen-bond acceptors (Lipinski definition) is 6. The van der Waals surface area contributed by atoms with Crippen LogP contribution in [-0.4, -0.2) is 43.4 Å². The molecule has 0 fully saturated rings. The van der Waals surface area contributed by atoms with Gasteiger partial charge in [0.25, 0.3) is 0 Å². The highest BCUT2D eigenvalue weighted by molar-refractivity contribution is 5.94. The van der Waals surface area contributed by atoms with Crippen LogP contribution < -0.4 is 11.1 Å². The highest BCUT2D eigenvalue weighted by atomic mass is 16.3. The maximum Gasteiger partial charge on any atom is 0.249 e. The van der Waals surface area contributed by atoms with Gasteiger partial charge in [-0.1, -0.05) is 42.4 Å². The van der Waals surface area contributed by atoms with E-state index in [2.05, 4.69) is 20.8 Å². The molecule has 0 saturated heterocycles. The van der Waals surface area contributed by atoms with Gasteiger partial charge in [0.05, 0.1) is 17.6 Å². The van der Waals surface area contributed by atoms with Crippen LogP contribution in [0.5, 0.6) is 0 Å². The Morgan fingerprint density at radius 2 is 2.00 bits per heavy atom. The highest BCUT2D eigenvalue weighted by Crippen LogP contribution is 2.30. The summed E-state index contributed by atoms with van der Waals surface area (Å²) in [5.74, 6) is -0.0551. The second-order valence-corrected chi connectivity index (χ2v) is 7.08. The number of rotatable bonds is 8. The number of amides is 1. The van der Waals surface area contributed by atoms with Crippen LogP contribution >= 0.6 is 0 Å². The molecule has 4 N–H and O–H groups in total. The molecule has 0 aliphatic heterocycles. The molecule has 1 aromatic heterocycles. The first-order chi connectivity index (χ1) is 12.3. The van der Waals surface area contributed by atoms with E-state index in [9.17, 15) is 9.90 Å². The van der Waals surface area contributed by atoms with Gasteiger partial charge in [-0.2, -0.15) is 0 Å². The summed E-state index contributed by atoms with van der Waals surface area (Å²) in [6.45, 7) is 7.44. The number of nitrogens with one attached hydrogen (secondary N) is 1. The van der Waals surface area contributed by atoms with Crippen LogP contribution in [-0.2, 0) is 11.2 Å². The van der Waals surface area contributed by atoms with Crippen LogP contribution in [0.2, 0.25) is 0 Å². The summed E-state index contributed by atoms with van der Waals surface area (Å²) in [5, 5.41) is 24.5. The lowest BCUT2D eigenvalue weighted by atomic mass is 9.74. The van der Waals surface area contributed by atoms with Gasteiger partial charge in [-0.25, -0.2) is 4.68 Å². The Hall–Kier alpha value is -2.32. The topological polar surface area (TPSA) is 119 Å². The number of hydrogen-bond donors (Lipinski definition) is 3. The van der Waals surface area contributed by atoms with Crippen molar-refractivity contribution in [2.45, 2.75) is 58.7 Å². The summed E-state index contributed by atoms with van der Waals surface area (Å²) in [4.78, 5) is 13.2. The Morgan fingerprint density at radius 3 is 2.58 bits per heavy atom. The zero-order valence-corrected chi connectivity index (χ0v) is 15.8. The Kier molecular flexibility index (Phi) is 6.44. The lowest BCUT2D eigenvalue weighted by Gasteiger charge is -2.36. The van der Waals surface area contributed by atoms with Crippen molar-refractivity contribution in [1.82, 2.24) is 20.2 Å². The Bertz CT molecular complexity index is 717. The Morgan fingerprint density at radius 1 is 1.35 bits per heavy atom. The lowest BCUT2D eigenvalue weighted by Crippen LogP contribution is -2.55. The number of nitrogens with two attached hydrogens (primary N) is 1. The summed E-state index contributed by atoms with van der Waals surface area (Å²) < 4.78 is 1.53. The fourth-order valence-corrected chi connectivity index (χ4v) is 2.92. The summed E-state index contributed by atoms with van der Waals surface area (Å²) >= 11 is 0. The summed E-state index contributed by atoms with van der Waals surface area (Å²) in [6, 6.07) is 8.87. The van der Waals surface area contributed by atoms with Crippen LogP contribution in [0.1, 0.15) is 45.7 Å². The number of tetrazole rings is 1. The third-order valence-corrected chi connectivity index (χ3v) is 4.71. The lowest BCUT2D eigenvalue weighted by molar-refractivity contribution is -0.127. The van der Waals surface area contributed by atoms with Crippen molar-refractivity contribution < 1.29 is 9.90 Å². The zero-order valence-electron chi connectivity index (χ0n) is 15.8. The van der Waals surface area contributed by atoms with Crippen molar-refractivity contribution in [3.8, 4) is 0 Å². The number of aliphatic hydroxyl groups excluding tert-OH is 1. The van der Waals surface area contributed by atoms with Crippen molar-refractivity contribution in [3.05, 3.63) is 35.9 Å². The molecule has 142 valence electrons. The maximum absolute atomic E-state index is 13.2. The minimum Gasteiger partial charge on any atom is -0.391 e. The van der Waals surface area contributed by atoms with Gasteiger partial charge in [0, 0.05) is 6.04 Å². The Balaban J connectivity index is 2.32. The van der Waals surface area contributed by atoms with Crippen molar-refractivity contribution in [1.29, 1.82) is 0 Å². The van der Waals surface area contributed by atoms with Gasteiger partial charge >= 0.3 is 0 Å². The number of nitrogens with zero attached hydrogens (tertiary/aromatic N) is 4. The van der Waals surface area contributed by atoms with Crippen molar-refractivity contribution >= 4 is 11.9 Å². The molecule has 3 unspecified atom stereocenters. The van der Waals surface area contributed by atoms with Crippen LogP contribution in [0.4, 0.5) is 5.95 Å². The normalized spacial score (nSPS) is 16.1. The van der Waals surface area contributed by atoms with Gasteiger partial charge in [-0.15, -0.1) is 0 Å². The van der Waals surface area contributed by atoms with E-state index >= 15 is 0 Å². The first kappa shape index (κ1) is 20.0. The number of benzene rings is 1. The van der Waals surface area contributed by atoms with E-state index in [4.69, 9.17) is 5.73 Å². The molecule has 1 heterocycles. The van der Waals surface area contributed by atoms with Gasteiger partial charge in [-0.3, -0.25) is 10.1 Å². The first-order valence-corrected chi connectivity index (χ1v) is 8.86. The van der Waals surface area contributed by atoms with E-state index in [-0.39, 0.29) is 17.9 Å². The molecule has 8 nitrogen and oxygen atoms in total. The minimum atomic E-state index is -1.04. The largest absolute Gasteiger partial charge is 0.391 e. The van der Waals surface area contributed by atoms with Crippen LogP contribution in [0.25, 0.3) is 0 Å². The fourth-order valence-electron chi connectivity index (χ4n) is 2.92. The molecule has 0 aliphatic carbocycles. The average molecular weight is 360 g/mol. The molecule has 0 bridgehead atoms. The number of carbonyl (C=O) groups is 1. The third kappa shape index (κ3) is 4.25. The van der Waals surface area contributed by atoms with E-state index in [0.29, 0.717) is 12.8 Å². The molecule has 8 heteroatoms. The van der Waals surface area contributed by atoms with Crippen LogP contribution in [0.15, 0.2) is 30.3 Å². The smallest absolute Gasteiger partial charge is 0.249 e. The van der Waals surface area contributed by atoms with Gasteiger partial charge in [0.2, 0.25) is 11.9 Å². The molecule has 2 aromatic rings. The highest BCUT2D eigenvalue weighted by Gasteiger charge is 2.43. The maximum atomic E-state index is 13.2. The van der Waals surface area contributed by atoms with Gasteiger partial charge < -0.3 is 10.8 Å². The zero-order chi connectivity index (χ0) is 19.3. The molecule has 0 saturated carbocycles. The number of anilines is 1. The van der Waals surface area contributed by atoms with E-state index < -0.39 is 17.6 Å². The first-order valence-electron chi connectivity index (χ1n) is 8.86.